The third-order valence-corrected chi connectivity index (χ3v) is 5.56. The van der Waals surface area contributed by atoms with Crippen molar-refractivity contribution >= 4 is 21.6 Å². The molecular weight excluding hydrogens is 324 g/mol. The van der Waals surface area contributed by atoms with Gasteiger partial charge in [-0.05, 0) is 48.7 Å². The van der Waals surface area contributed by atoms with Crippen LogP contribution in [-0.2, 0) is 21.2 Å². The van der Waals surface area contributed by atoms with Crippen LogP contribution >= 0.6 is 0 Å². The molecule has 2 aromatic carbocycles. The highest BCUT2D eigenvalue weighted by atomic mass is 32.2. The normalized spacial score (nSPS) is 11.5. The first-order chi connectivity index (χ1) is 11.2. The van der Waals surface area contributed by atoms with Gasteiger partial charge in [0, 0.05) is 19.8 Å². The van der Waals surface area contributed by atoms with E-state index in [0.717, 1.165) is 26.7 Å². The van der Waals surface area contributed by atoms with Gasteiger partial charge in [-0.15, -0.1) is 0 Å². The molecule has 0 bridgehead atoms. The first kappa shape index (κ1) is 18.2. The Labute approximate surface area is 143 Å². The highest BCUT2D eigenvalue weighted by Gasteiger charge is 2.16. The fourth-order valence-corrected chi connectivity index (χ4v) is 3.14. The Kier molecular flexibility index (Phi) is 5.41. The second-order valence-corrected chi connectivity index (χ2v) is 8.13. The van der Waals surface area contributed by atoms with Gasteiger partial charge < -0.3 is 5.32 Å². The van der Waals surface area contributed by atoms with Gasteiger partial charge in [-0.1, -0.05) is 24.3 Å². The minimum atomic E-state index is -3.45. The van der Waals surface area contributed by atoms with Gasteiger partial charge in [0.1, 0.15) is 0 Å². The van der Waals surface area contributed by atoms with Crippen molar-refractivity contribution in [2.75, 3.05) is 19.4 Å². The molecule has 2 aromatic rings. The minimum Gasteiger partial charge on any atom is -0.326 e. The van der Waals surface area contributed by atoms with Crippen LogP contribution in [0.3, 0.4) is 0 Å². The summed E-state index contributed by atoms with van der Waals surface area (Å²) in [4.78, 5) is 12.4. The summed E-state index contributed by atoms with van der Waals surface area (Å²) in [6.45, 7) is 3.91. The molecule has 0 saturated heterocycles. The fraction of sp³-hybridized carbons (Fsp3) is 0.278. The van der Waals surface area contributed by atoms with Crippen molar-refractivity contribution in [3.8, 4) is 0 Å². The van der Waals surface area contributed by atoms with Crippen LogP contribution in [0.1, 0.15) is 16.7 Å². The molecule has 0 aromatic heterocycles. The van der Waals surface area contributed by atoms with Gasteiger partial charge >= 0.3 is 0 Å². The van der Waals surface area contributed by atoms with E-state index in [-0.39, 0.29) is 17.2 Å². The number of hydrogen-bond acceptors (Lipinski definition) is 3. The third kappa shape index (κ3) is 4.21. The van der Waals surface area contributed by atoms with Crippen molar-refractivity contribution in [1.29, 1.82) is 0 Å². The molecule has 0 unspecified atom stereocenters. The number of aryl methyl sites for hydroxylation is 2. The molecule has 2 rings (SSSR count). The van der Waals surface area contributed by atoms with Gasteiger partial charge in [-0.2, -0.15) is 0 Å². The summed E-state index contributed by atoms with van der Waals surface area (Å²) in [7, 11) is -0.474. The van der Waals surface area contributed by atoms with Crippen molar-refractivity contribution in [3.05, 3.63) is 59.2 Å². The van der Waals surface area contributed by atoms with E-state index in [2.05, 4.69) is 5.32 Å². The zero-order valence-corrected chi connectivity index (χ0v) is 15.1. The SMILES string of the molecule is Cc1ccc(C)c(NC(=O)Cc2ccc(S(=O)(=O)N(C)C)cc2)c1. The van der Waals surface area contributed by atoms with Crippen LogP contribution in [0, 0.1) is 13.8 Å². The first-order valence-electron chi connectivity index (χ1n) is 7.59. The van der Waals surface area contributed by atoms with Gasteiger partial charge in [-0.3, -0.25) is 4.79 Å². The molecule has 128 valence electrons. The van der Waals surface area contributed by atoms with E-state index in [1.165, 1.54) is 26.2 Å². The predicted molar refractivity (Wildman–Crippen MR) is 95.6 cm³/mol. The predicted octanol–water partition coefficient (Wildman–Crippen LogP) is 2.73. The Hall–Kier alpha value is -2.18. The summed E-state index contributed by atoms with van der Waals surface area (Å²) in [5.74, 6) is -0.132. The molecule has 1 N–H and O–H groups in total. The summed E-state index contributed by atoms with van der Waals surface area (Å²) in [5, 5.41) is 2.90. The highest BCUT2D eigenvalue weighted by Crippen LogP contribution is 2.18. The van der Waals surface area contributed by atoms with Crippen LogP contribution in [0.4, 0.5) is 5.69 Å². The number of anilines is 1. The Balaban J connectivity index is 2.09. The fourth-order valence-electron chi connectivity index (χ4n) is 2.24. The third-order valence-electron chi connectivity index (χ3n) is 3.73. The highest BCUT2D eigenvalue weighted by molar-refractivity contribution is 7.89. The number of amides is 1. The van der Waals surface area contributed by atoms with Crippen LogP contribution in [0.2, 0.25) is 0 Å². The molecule has 0 heterocycles. The van der Waals surface area contributed by atoms with E-state index in [4.69, 9.17) is 0 Å². The van der Waals surface area contributed by atoms with Crippen molar-refractivity contribution in [3.63, 3.8) is 0 Å². The number of hydrogen-bond donors (Lipinski definition) is 1. The van der Waals surface area contributed by atoms with Crippen LogP contribution < -0.4 is 5.32 Å². The Morgan fingerprint density at radius 3 is 2.25 bits per heavy atom. The molecular formula is C18H22N2O3S. The van der Waals surface area contributed by atoms with E-state index >= 15 is 0 Å². The van der Waals surface area contributed by atoms with E-state index in [0.29, 0.717) is 0 Å². The molecule has 6 heteroatoms. The van der Waals surface area contributed by atoms with Crippen molar-refractivity contribution in [2.45, 2.75) is 25.2 Å². The van der Waals surface area contributed by atoms with Gasteiger partial charge in [0.05, 0.1) is 11.3 Å². The zero-order valence-electron chi connectivity index (χ0n) is 14.3. The molecule has 5 nitrogen and oxygen atoms in total. The first-order valence-corrected chi connectivity index (χ1v) is 9.03. The lowest BCUT2D eigenvalue weighted by atomic mass is 10.1. The molecule has 24 heavy (non-hydrogen) atoms. The van der Waals surface area contributed by atoms with Crippen molar-refractivity contribution < 1.29 is 13.2 Å². The minimum absolute atomic E-state index is 0.132. The summed E-state index contributed by atoms with van der Waals surface area (Å²) in [5.41, 5.74) is 3.64. The van der Waals surface area contributed by atoms with E-state index in [1.54, 1.807) is 12.1 Å². The molecule has 0 aliphatic rings. The van der Waals surface area contributed by atoms with Crippen molar-refractivity contribution in [1.82, 2.24) is 4.31 Å². The van der Waals surface area contributed by atoms with E-state index in [1.807, 2.05) is 32.0 Å². The maximum absolute atomic E-state index is 12.2. The molecule has 0 spiro atoms. The second-order valence-electron chi connectivity index (χ2n) is 5.97. The summed E-state index contributed by atoms with van der Waals surface area (Å²) in [6.07, 6.45) is 0.190. The van der Waals surface area contributed by atoms with Crippen molar-refractivity contribution in [2.24, 2.45) is 0 Å². The largest absolute Gasteiger partial charge is 0.326 e. The monoisotopic (exact) mass is 346 g/mol. The molecule has 1 amide bonds. The van der Waals surface area contributed by atoms with Crippen LogP contribution in [0.5, 0.6) is 0 Å². The molecule has 0 aliphatic carbocycles. The number of benzene rings is 2. The topological polar surface area (TPSA) is 66.5 Å². The maximum atomic E-state index is 12.2. The average molecular weight is 346 g/mol. The molecule has 0 saturated carbocycles. The Bertz CT molecular complexity index is 841. The lowest BCUT2D eigenvalue weighted by Crippen LogP contribution is -2.22. The Morgan fingerprint density at radius 1 is 1.04 bits per heavy atom. The number of carbonyl (C=O) groups is 1. The maximum Gasteiger partial charge on any atom is 0.242 e. The molecule has 0 radical (unpaired) electrons. The zero-order chi connectivity index (χ0) is 17.9. The van der Waals surface area contributed by atoms with Gasteiger partial charge in [0.2, 0.25) is 15.9 Å². The van der Waals surface area contributed by atoms with Crippen LogP contribution in [0.15, 0.2) is 47.4 Å². The average Bonchev–Trinajstić information content (AvgIpc) is 2.51. The quantitative estimate of drug-likeness (QED) is 0.905. The number of rotatable bonds is 5. The number of nitrogens with zero attached hydrogens (tertiary/aromatic N) is 1. The van der Waals surface area contributed by atoms with E-state index in [9.17, 15) is 13.2 Å². The number of carbonyl (C=O) groups excluding carboxylic acids is 1. The standard InChI is InChI=1S/C18H22N2O3S/c1-13-5-6-14(2)17(11-13)19-18(21)12-15-7-9-16(10-8-15)24(22,23)20(3)4/h5-11H,12H2,1-4H3,(H,19,21). The lowest BCUT2D eigenvalue weighted by molar-refractivity contribution is -0.115. The summed E-state index contributed by atoms with van der Waals surface area (Å²) < 4.78 is 25.2. The van der Waals surface area contributed by atoms with Crippen LogP contribution in [0.25, 0.3) is 0 Å². The molecule has 0 fully saturated rings. The van der Waals surface area contributed by atoms with E-state index < -0.39 is 10.0 Å². The number of nitrogens with one attached hydrogen (secondary N) is 1. The van der Waals surface area contributed by atoms with Crippen LogP contribution in [-0.4, -0.2) is 32.7 Å². The molecule has 0 aliphatic heterocycles. The smallest absolute Gasteiger partial charge is 0.242 e. The van der Waals surface area contributed by atoms with Gasteiger partial charge in [-0.25, -0.2) is 12.7 Å². The van der Waals surface area contributed by atoms with Gasteiger partial charge in [0.15, 0.2) is 0 Å². The summed E-state index contributed by atoms with van der Waals surface area (Å²) >= 11 is 0. The number of sulfonamides is 1. The lowest BCUT2D eigenvalue weighted by Gasteiger charge is -2.12. The van der Waals surface area contributed by atoms with Gasteiger partial charge in [0.25, 0.3) is 0 Å². The summed E-state index contributed by atoms with van der Waals surface area (Å²) in [6, 6.07) is 12.3. The second kappa shape index (κ2) is 7.15. The Morgan fingerprint density at radius 2 is 1.67 bits per heavy atom. The molecule has 0 atom stereocenters.